The summed E-state index contributed by atoms with van der Waals surface area (Å²) in [5.41, 5.74) is 8.79. The summed E-state index contributed by atoms with van der Waals surface area (Å²) in [6, 6.07) is 8.51. The molecule has 0 saturated heterocycles. The molecule has 20 heavy (non-hydrogen) atoms. The molecule has 1 fully saturated rings. The molecule has 3 nitrogen and oxygen atoms in total. The normalized spacial score (nSPS) is 16.2. The van der Waals surface area contributed by atoms with Crippen LogP contribution < -0.4 is 5.73 Å². The van der Waals surface area contributed by atoms with Crippen LogP contribution in [-0.2, 0) is 0 Å². The summed E-state index contributed by atoms with van der Waals surface area (Å²) in [7, 11) is 0. The first-order valence-corrected chi connectivity index (χ1v) is 7.50. The lowest BCUT2D eigenvalue weighted by Crippen LogP contribution is -2.04. The van der Waals surface area contributed by atoms with Crippen LogP contribution in [0.25, 0.3) is 11.3 Å². The number of rotatable bonds is 2. The lowest BCUT2D eigenvalue weighted by molar-refractivity contribution is 0.443. The fourth-order valence-electron chi connectivity index (χ4n) is 2.96. The lowest BCUT2D eigenvalue weighted by Gasteiger charge is -2.22. The van der Waals surface area contributed by atoms with Gasteiger partial charge < -0.3 is 5.73 Å². The standard InChI is InChI=1S/C16H18ClN3/c17-14-10-19-16(18)20-15(14)13-8-4-7-12(9-13)11-5-2-1-3-6-11/h4,7-11H,1-3,5-6H2,(H2,18,19,20). The van der Waals surface area contributed by atoms with E-state index in [4.69, 9.17) is 17.3 Å². The number of nitrogens with zero attached hydrogens (tertiary/aromatic N) is 2. The zero-order valence-electron chi connectivity index (χ0n) is 11.3. The molecule has 1 heterocycles. The van der Waals surface area contributed by atoms with Crippen LogP contribution in [0, 0.1) is 0 Å². The van der Waals surface area contributed by atoms with Crippen LogP contribution in [0.3, 0.4) is 0 Å². The van der Waals surface area contributed by atoms with Crippen LogP contribution in [0.4, 0.5) is 5.95 Å². The maximum atomic E-state index is 6.19. The maximum Gasteiger partial charge on any atom is 0.220 e. The van der Waals surface area contributed by atoms with Crippen molar-refractivity contribution in [3.05, 3.63) is 41.0 Å². The molecule has 0 atom stereocenters. The van der Waals surface area contributed by atoms with Gasteiger partial charge in [-0.3, -0.25) is 0 Å². The molecule has 1 aromatic carbocycles. The first-order chi connectivity index (χ1) is 9.74. The highest BCUT2D eigenvalue weighted by Crippen LogP contribution is 2.35. The molecule has 0 amide bonds. The lowest BCUT2D eigenvalue weighted by atomic mass is 9.83. The molecule has 4 heteroatoms. The molecule has 0 spiro atoms. The van der Waals surface area contributed by atoms with Crippen LogP contribution in [0.15, 0.2) is 30.5 Å². The van der Waals surface area contributed by atoms with Gasteiger partial charge in [0.2, 0.25) is 5.95 Å². The molecule has 104 valence electrons. The van der Waals surface area contributed by atoms with Crippen molar-refractivity contribution in [1.29, 1.82) is 0 Å². The smallest absolute Gasteiger partial charge is 0.220 e. The van der Waals surface area contributed by atoms with Crippen LogP contribution >= 0.6 is 11.6 Å². The van der Waals surface area contributed by atoms with E-state index in [0.717, 1.165) is 11.3 Å². The average Bonchev–Trinajstić information content (AvgIpc) is 2.51. The molecule has 0 unspecified atom stereocenters. The second-order valence-corrected chi connectivity index (χ2v) is 5.79. The van der Waals surface area contributed by atoms with Gasteiger partial charge in [-0.2, -0.15) is 0 Å². The molecule has 1 aliphatic carbocycles. The van der Waals surface area contributed by atoms with E-state index in [2.05, 4.69) is 28.2 Å². The van der Waals surface area contributed by atoms with Crippen molar-refractivity contribution in [2.75, 3.05) is 5.73 Å². The SMILES string of the molecule is Nc1ncc(Cl)c(-c2cccc(C3CCCCC3)c2)n1. The fourth-order valence-corrected chi connectivity index (χ4v) is 3.16. The van der Waals surface area contributed by atoms with E-state index >= 15 is 0 Å². The summed E-state index contributed by atoms with van der Waals surface area (Å²) in [4.78, 5) is 8.18. The Kier molecular flexibility index (Phi) is 3.88. The Morgan fingerprint density at radius 3 is 2.75 bits per heavy atom. The summed E-state index contributed by atoms with van der Waals surface area (Å²) < 4.78 is 0. The highest BCUT2D eigenvalue weighted by Gasteiger charge is 2.16. The van der Waals surface area contributed by atoms with E-state index in [-0.39, 0.29) is 5.95 Å². The van der Waals surface area contributed by atoms with E-state index in [9.17, 15) is 0 Å². The van der Waals surface area contributed by atoms with Gasteiger partial charge in [-0.15, -0.1) is 0 Å². The molecule has 0 aliphatic heterocycles. The minimum Gasteiger partial charge on any atom is -0.368 e. The zero-order chi connectivity index (χ0) is 13.9. The molecular weight excluding hydrogens is 270 g/mol. The van der Waals surface area contributed by atoms with E-state index in [1.54, 1.807) is 6.20 Å². The van der Waals surface area contributed by atoms with Crippen LogP contribution in [0.2, 0.25) is 5.02 Å². The minimum absolute atomic E-state index is 0.257. The number of benzene rings is 1. The number of hydrogen-bond acceptors (Lipinski definition) is 3. The molecule has 1 aromatic heterocycles. The highest BCUT2D eigenvalue weighted by atomic mass is 35.5. The van der Waals surface area contributed by atoms with Gasteiger partial charge in [0, 0.05) is 5.56 Å². The Bertz CT molecular complexity index is 606. The Labute approximate surface area is 124 Å². The number of aromatic nitrogens is 2. The molecule has 2 aromatic rings. The van der Waals surface area contributed by atoms with Gasteiger partial charge in [0.1, 0.15) is 0 Å². The van der Waals surface area contributed by atoms with Gasteiger partial charge in [-0.1, -0.05) is 49.1 Å². The Morgan fingerprint density at radius 1 is 1.15 bits per heavy atom. The van der Waals surface area contributed by atoms with Gasteiger partial charge in [0.05, 0.1) is 16.9 Å². The van der Waals surface area contributed by atoms with Crippen molar-refractivity contribution < 1.29 is 0 Å². The Hall–Kier alpha value is -1.61. The molecule has 3 rings (SSSR count). The predicted molar refractivity (Wildman–Crippen MR) is 82.7 cm³/mol. The van der Waals surface area contributed by atoms with Crippen LogP contribution in [0.5, 0.6) is 0 Å². The minimum atomic E-state index is 0.257. The third kappa shape index (κ3) is 2.78. The summed E-state index contributed by atoms with van der Waals surface area (Å²) in [6.45, 7) is 0. The van der Waals surface area contributed by atoms with Crippen molar-refractivity contribution in [2.24, 2.45) is 0 Å². The van der Waals surface area contributed by atoms with Gasteiger partial charge in [-0.05, 0) is 30.4 Å². The quantitative estimate of drug-likeness (QED) is 0.889. The van der Waals surface area contributed by atoms with Crippen LogP contribution in [0.1, 0.15) is 43.6 Å². The van der Waals surface area contributed by atoms with E-state index < -0.39 is 0 Å². The summed E-state index contributed by atoms with van der Waals surface area (Å²) in [5, 5.41) is 0.542. The molecule has 1 aliphatic rings. The Morgan fingerprint density at radius 2 is 1.95 bits per heavy atom. The second kappa shape index (κ2) is 5.80. The van der Waals surface area contributed by atoms with Gasteiger partial charge in [0.15, 0.2) is 0 Å². The van der Waals surface area contributed by atoms with Crippen molar-refractivity contribution in [3.8, 4) is 11.3 Å². The van der Waals surface area contributed by atoms with Gasteiger partial charge in [0.25, 0.3) is 0 Å². The summed E-state index contributed by atoms with van der Waals surface area (Å²) >= 11 is 6.19. The predicted octanol–water partition coefficient (Wildman–Crippen LogP) is 4.43. The Balaban J connectivity index is 1.96. The number of nitrogens with two attached hydrogens (primary N) is 1. The molecule has 1 saturated carbocycles. The first-order valence-electron chi connectivity index (χ1n) is 7.12. The third-order valence-corrected chi connectivity index (χ3v) is 4.28. The van der Waals surface area contributed by atoms with E-state index in [1.165, 1.54) is 37.7 Å². The van der Waals surface area contributed by atoms with E-state index in [0.29, 0.717) is 10.9 Å². The zero-order valence-corrected chi connectivity index (χ0v) is 12.1. The van der Waals surface area contributed by atoms with Crippen LogP contribution in [-0.4, -0.2) is 9.97 Å². The van der Waals surface area contributed by atoms with E-state index in [1.807, 2.05) is 6.07 Å². The van der Waals surface area contributed by atoms with Gasteiger partial charge >= 0.3 is 0 Å². The molecule has 0 bridgehead atoms. The summed E-state index contributed by atoms with van der Waals surface area (Å²) in [6.07, 6.45) is 8.15. The molecule has 2 N–H and O–H groups in total. The topological polar surface area (TPSA) is 51.8 Å². The van der Waals surface area contributed by atoms with Crippen molar-refractivity contribution in [2.45, 2.75) is 38.0 Å². The molecular formula is C16H18ClN3. The second-order valence-electron chi connectivity index (χ2n) is 5.39. The number of hydrogen-bond donors (Lipinski definition) is 1. The van der Waals surface area contributed by atoms with Crippen molar-refractivity contribution >= 4 is 17.5 Å². The third-order valence-electron chi connectivity index (χ3n) is 4.00. The highest BCUT2D eigenvalue weighted by molar-refractivity contribution is 6.32. The molecule has 0 radical (unpaired) electrons. The average molecular weight is 288 g/mol. The summed E-state index contributed by atoms with van der Waals surface area (Å²) in [5.74, 6) is 0.925. The van der Waals surface area contributed by atoms with Crippen molar-refractivity contribution in [1.82, 2.24) is 9.97 Å². The fraction of sp³-hybridized carbons (Fsp3) is 0.375. The maximum absolute atomic E-state index is 6.19. The number of nitrogen functional groups attached to an aromatic ring is 1. The largest absolute Gasteiger partial charge is 0.368 e. The van der Waals surface area contributed by atoms with Crippen molar-refractivity contribution in [3.63, 3.8) is 0 Å². The number of halogens is 1. The number of anilines is 1. The van der Waals surface area contributed by atoms with Gasteiger partial charge in [-0.25, -0.2) is 9.97 Å². The first kappa shape index (κ1) is 13.4. The monoisotopic (exact) mass is 287 g/mol.